The Hall–Kier alpha value is -6.09. The summed E-state index contributed by atoms with van der Waals surface area (Å²) in [4.78, 5) is 81.3. The van der Waals surface area contributed by atoms with Crippen LogP contribution < -0.4 is 21.3 Å². The number of ketones is 1. The number of amides is 5. The van der Waals surface area contributed by atoms with Crippen molar-refractivity contribution in [1.82, 2.24) is 25.8 Å². The SMILES string of the molecule is CNc1c(C(=O)NC2CC2)cnc2cc(F)c(-c3ccc(C(=O)NCCCCCC(=O)C(O)Cc4cccc5c4CN(C4CCC(=O)NC4=O)C5=O)c(F)c3)cc12. The number of aliphatic hydroxyl groups is 1. The molecule has 5 amide bonds. The van der Waals surface area contributed by atoms with Gasteiger partial charge in [-0.15, -0.1) is 0 Å². The van der Waals surface area contributed by atoms with Crippen molar-refractivity contribution < 1.29 is 42.7 Å². The van der Waals surface area contributed by atoms with E-state index in [1.807, 2.05) is 0 Å². The van der Waals surface area contributed by atoms with Crippen molar-refractivity contribution in [3.63, 3.8) is 0 Å². The molecule has 296 valence electrons. The standard InChI is InChI=1S/C42H42F2N6O7/c1-45-38-28-18-27(32(44)19-33(28)47-20-29(38)40(55)48-24-10-11-24)23-9-12-26(31(43)16-23)39(54)46-15-4-2-3-8-35(51)36(52)17-22-6-5-7-25-30(22)21-50(42(25)57)34-13-14-37(53)49-41(34)56/h5-7,9,12,16,18-20,24,34,36,52H,2-4,8,10-11,13-15,17,21H2,1H3,(H,45,47)(H,46,54)(H,48,55)(H,49,53,56). The lowest BCUT2D eigenvalue weighted by Gasteiger charge is -2.29. The van der Waals surface area contributed by atoms with Crippen LogP contribution in [0, 0.1) is 11.6 Å². The van der Waals surface area contributed by atoms with Crippen LogP contribution in [0.1, 0.15) is 93.6 Å². The minimum absolute atomic E-state index is 0.000581. The molecule has 1 aliphatic carbocycles. The second-order valence-electron chi connectivity index (χ2n) is 14.7. The monoisotopic (exact) mass is 780 g/mol. The van der Waals surface area contributed by atoms with Gasteiger partial charge in [-0.2, -0.15) is 0 Å². The van der Waals surface area contributed by atoms with Gasteiger partial charge in [-0.1, -0.05) is 24.6 Å². The smallest absolute Gasteiger partial charge is 0.255 e. The van der Waals surface area contributed by atoms with Gasteiger partial charge in [0.25, 0.3) is 17.7 Å². The number of nitrogens with one attached hydrogen (secondary N) is 4. The lowest BCUT2D eigenvalue weighted by atomic mass is 9.95. The zero-order valence-electron chi connectivity index (χ0n) is 31.3. The number of aliphatic hydroxyl groups excluding tert-OH is 1. The number of halogens is 2. The maximum Gasteiger partial charge on any atom is 0.255 e. The van der Waals surface area contributed by atoms with Gasteiger partial charge in [-0.05, 0) is 73.1 Å². The summed E-state index contributed by atoms with van der Waals surface area (Å²) in [7, 11) is 1.65. The summed E-state index contributed by atoms with van der Waals surface area (Å²) >= 11 is 0. The molecule has 7 rings (SSSR count). The third-order valence-electron chi connectivity index (χ3n) is 10.7. The first kappa shape index (κ1) is 39.2. The number of imide groups is 1. The number of hydrogen-bond donors (Lipinski definition) is 5. The number of carbonyl (C=O) groups is 6. The fourth-order valence-electron chi connectivity index (χ4n) is 7.46. The molecular formula is C42H42F2N6O7. The molecule has 4 aromatic rings. The Morgan fingerprint density at radius 2 is 1.75 bits per heavy atom. The minimum atomic E-state index is -1.30. The molecule has 2 atom stereocenters. The lowest BCUT2D eigenvalue weighted by Crippen LogP contribution is -2.52. The predicted octanol–water partition coefficient (Wildman–Crippen LogP) is 4.34. The van der Waals surface area contributed by atoms with Crippen LogP contribution in [-0.2, 0) is 27.3 Å². The Kier molecular flexibility index (Phi) is 11.4. The number of anilines is 1. The van der Waals surface area contributed by atoms with E-state index >= 15 is 8.78 Å². The van der Waals surface area contributed by atoms with Crippen molar-refractivity contribution in [2.75, 3.05) is 18.9 Å². The average molecular weight is 781 g/mol. The lowest BCUT2D eigenvalue weighted by molar-refractivity contribution is -0.137. The van der Waals surface area contributed by atoms with Crippen molar-refractivity contribution in [1.29, 1.82) is 0 Å². The van der Waals surface area contributed by atoms with Crippen LogP contribution >= 0.6 is 0 Å². The van der Waals surface area contributed by atoms with E-state index in [4.69, 9.17) is 0 Å². The third kappa shape index (κ3) is 8.38. The van der Waals surface area contributed by atoms with Crippen LogP contribution in [0.3, 0.4) is 0 Å². The normalized spacial score (nSPS) is 16.9. The molecule has 0 bridgehead atoms. The minimum Gasteiger partial charge on any atom is -0.387 e. The molecule has 3 aromatic carbocycles. The van der Waals surface area contributed by atoms with Crippen LogP contribution in [-0.4, -0.2) is 82.1 Å². The third-order valence-corrected chi connectivity index (χ3v) is 10.7. The first-order valence-electron chi connectivity index (χ1n) is 19.1. The maximum absolute atomic E-state index is 15.3. The molecule has 2 unspecified atom stereocenters. The summed E-state index contributed by atoms with van der Waals surface area (Å²) in [6.45, 7) is 0.347. The van der Waals surface area contributed by atoms with E-state index in [9.17, 15) is 33.9 Å². The van der Waals surface area contributed by atoms with Crippen LogP contribution in [0.15, 0.2) is 54.7 Å². The van der Waals surface area contributed by atoms with E-state index in [0.29, 0.717) is 58.1 Å². The highest BCUT2D eigenvalue weighted by atomic mass is 19.1. The van der Waals surface area contributed by atoms with Gasteiger partial charge in [0, 0.05) is 74.2 Å². The van der Waals surface area contributed by atoms with Crippen molar-refractivity contribution in [2.24, 2.45) is 0 Å². The van der Waals surface area contributed by atoms with E-state index in [-0.39, 0.29) is 85.0 Å². The molecule has 1 saturated carbocycles. The summed E-state index contributed by atoms with van der Waals surface area (Å²) in [5.74, 6) is -4.03. The number of carbonyl (C=O) groups excluding carboxylic acids is 6. The van der Waals surface area contributed by atoms with Gasteiger partial charge in [0.1, 0.15) is 23.8 Å². The van der Waals surface area contributed by atoms with Gasteiger partial charge in [0.2, 0.25) is 11.8 Å². The molecule has 15 heteroatoms. The van der Waals surface area contributed by atoms with Crippen LogP contribution in [0.2, 0.25) is 0 Å². The summed E-state index contributed by atoms with van der Waals surface area (Å²) in [6, 6.07) is 11.0. The molecule has 3 aliphatic rings. The van der Waals surface area contributed by atoms with E-state index in [1.54, 1.807) is 25.2 Å². The van der Waals surface area contributed by atoms with Gasteiger partial charge in [0.15, 0.2) is 5.78 Å². The summed E-state index contributed by atoms with van der Waals surface area (Å²) < 4.78 is 30.6. The molecule has 1 aromatic heterocycles. The van der Waals surface area contributed by atoms with Crippen molar-refractivity contribution in [3.8, 4) is 11.1 Å². The Morgan fingerprint density at radius 3 is 2.49 bits per heavy atom. The quantitative estimate of drug-likeness (QED) is 0.0865. The van der Waals surface area contributed by atoms with Gasteiger partial charge in [-0.25, -0.2) is 8.78 Å². The van der Waals surface area contributed by atoms with Gasteiger partial charge < -0.3 is 26.0 Å². The number of pyridine rings is 1. The molecule has 13 nitrogen and oxygen atoms in total. The Bertz CT molecular complexity index is 2310. The Labute approximate surface area is 326 Å². The van der Waals surface area contributed by atoms with Gasteiger partial charge >= 0.3 is 0 Å². The number of benzene rings is 3. The first-order valence-corrected chi connectivity index (χ1v) is 19.1. The molecule has 1 saturated heterocycles. The summed E-state index contributed by atoms with van der Waals surface area (Å²) in [6.07, 6.45) is 3.85. The van der Waals surface area contributed by atoms with Crippen molar-refractivity contribution in [3.05, 3.63) is 94.2 Å². The van der Waals surface area contributed by atoms with Gasteiger partial charge in [0.05, 0.1) is 22.3 Å². The van der Waals surface area contributed by atoms with Crippen LogP contribution in [0.4, 0.5) is 14.5 Å². The molecule has 57 heavy (non-hydrogen) atoms. The van der Waals surface area contributed by atoms with E-state index in [1.165, 1.54) is 35.4 Å². The largest absolute Gasteiger partial charge is 0.387 e. The van der Waals surface area contributed by atoms with E-state index in [2.05, 4.69) is 26.3 Å². The van der Waals surface area contributed by atoms with Crippen molar-refractivity contribution >= 4 is 51.9 Å². The molecule has 0 spiro atoms. The Balaban J connectivity index is 0.887. The zero-order valence-corrected chi connectivity index (χ0v) is 31.3. The molecule has 5 N–H and O–H groups in total. The first-order chi connectivity index (χ1) is 27.4. The maximum atomic E-state index is 15.3. The zero-order chi connectivity index (χ0) is 40.4. The van der Waals surface area contributed by atoms with Gasteiger partial charge in [-0.3, -0.25) is 39.1 Å². The fourth-order valence-corrected chi connectivity index (χ4v) is 7.46. The molecule has 0 radical (unpaired) electrons. The van der Waals surface area contributed by atoms with E-state index in [0.717, 1.165) is 18.9 Å². The number of Topliss-reactive ketones (excluding diaryl/α,β-unsaturated/α-hetero) is 1. The summed E-state index contributed by atoms with van der Waals surface area (Å²) in [5, 5.41) is 22.1. The number of piperidine rings is 1. The molecule has 2 fully saturated rings. The predicted molar refractivity (Wildman–Crippen MR) is 205 cm³/mol. The number of rotatable bonds is 15. The topological polar surface area (TPSA) is 187 Å². The summed E-state index contributed by atoms with van der Waals surface area (Å²) in [5.41, 5.74) is 2.82. The number of unbranched alkanes of at least 4 members (excludes halogenated alkanes) is 2. The average Bonchev–Trinajstić information content (AvgIpc) is 3.95. The van der Waals surface area contributed by atoms with Crippen molar-refractivity contribution in [2.45, 2.75) is 82.5 Å². The molecular weight excluding hydrogens is 738 g/mol. The highest BCUT2D eigenvalue weighted by Gasteiger charge is 2.40. The number of nitrogens with zero attached hydrogens (tertiary/aromatic N) is 2. The molecule has 3 heterocycles. The van der Waals surface area contributed by atoms with Crippen LogP contribution in [0.25, 0.3) is 22.0 Å². The highest BCUT2D eigenvalue weighted by Crippen LogP contribution is 2.34. The number of aromatic nitrogens is 1. The second kappa shape index (κ2) is 16.6. The Morgan fingerprint density at radius 1 is 0.947 bits per heavy atom. The fraction of sp³-hybridized carbons (Fsp3) is 0.357. The highest BCUT2D eigenvalue weighted by molar-refractivity contribution is 6.08. The molecule has 2 aliphatic heterocycles. The number of fused-ring (bicyclic) bond motifs is 2. The van der Waals surface area contributed by atoms with Crippen LogP contribution in [0.5, 0.6) is 0 Å². The second-order valence-corrected chi connectivity index (χ2v) is 14.7. The van der Waals surface area contributed by atoms with E-state index < -0.39 is 35.6 Å². The number of hydrogen-bond acceptors (Lipinski definition) is 9.